The van der Waals surface area contributed by atoms with E-state index in [9.17, 15) is 4.79 Å². The number of carbonyl (C=O) groups excluding carboxylic acids is 1. The molecule has 1 unspecified atom stereocenters. The van der Waals surface area contributed by atoms with E-state index < -0.39 is 0 Å². The fraction of sp³-hybridized carbons (Fsp3) is 0.357. The molecule has 1 aromatic carbocycles. The monoisotopic (exact) mass is 271 g/mol. The number of amides is 1. The molecule has 20 heavy (non-hydrogen) atoms. The average Bonchev–Trinajstić information content (AvgIpc) is 3.22. The second-order valence-corrected chi connectivity index (χ2v) is 5.10. The molecule has 3 rings (SSSR count). The first-order chi connectivity index (χ1) is 9.63. The second kappa shape index (κ2) is 4.96. The van der Waals surface area contributed by atoms with Crippen molar-refractivity contribution >= 4 is 28.6 Å². The Kier molecular flexibility index (Phi) is 3.14. The highest BCUT2D eigenvalue weighted by Crippen LogP contribution is 2.22. The van der Waals surface area contributed by atoms with Gasteiger partial charge in [-0.3, -0.25) is 4.79 Å². The Morgan fingerprint density at radius 1 is 1.35 bits per heavy atom. The van der Waals surface area contributed by atoms with E-state index in [0.717, 1.165) is 23.7 Å². The van der Waals surface area contributed by atoms with Crippen molar-refractivity contribution in [1.82, 2.24) is 15.3 Å². The van der Waals surface area contributed by atoms with Gasteiger partial charge in [-0.1, -0.05) is 12.1 Å². The van der Waals surface area contributed by atoms with Gasteiger partial charge < -0.3 is 16.4 Å². The van der Waals surface area contributed by atoms with Crippen molar-refractivity contribution in [1.29, 1.82) is 0 Å². The topological polar surface area (TPSA) is 92.9 Å². The molecule has 0 bridgehead atoms. The Labute approximate surface area is 116 Å². The maximum absolute atomic E-state index is 12.0. The van der Waals surface area contributed by atoms with Crippen LogP contribution < -0.4 is 16.4 Å². The summed E-state index contributed by atoms with van der Waals surface area (Å²) < 4.78 is 0. The van der Waals surface area contributed by atoms with Crippen LogP contribution in [-0.4, -0.2) is 28.0 Å². The molecule has 1 aliphatic rings. The van der Waals surface area contributed by atoms with E-state index in [1.807, 2.05) is 31.2 Å². The van der Waals surface area contributed by atoms with Crippen LogP contribution in [0.25, 0.3) is 10.9 Å². The fourth-order valence-corrected chi connectivity index (χ4v) is 2.03. The van der Waals surface area contributed by atoms with Gasteiger partial charge in [-0.15, -0.1) is 0 Å². The highest BCUT2D eigenvalue weighted by atomic mass is 16.2. The van der Waals surface area contributed by atoms with E-state index in [2.05, 4.69) is 20.6 Å². The van der Waals surface area contributed by atoms with Crippen molar-refractivity contribution in [3.05, 3.63) is 24.3 Å². The number of nitrogen functional groups attached to an aromatic ring is 1. The van der Waals surface area contributed by atoms with Crippen molar-refractivity contribution in [2.75, 3.05) is 11.1 Å². The number of rotatable bonds is 4. The molecule has 1 aromatic heterocycles. The van der Waals surface area contributed by atoms with Gasteiger partial charge in [0.2, 0.25) is 11.9 Å². The number of benzene rings is 1. The summed E-state index contributed by atoms with van der Waals surface area (Å²) >= 11 is 0. The first-order valence-corrected chi connectivity index (χ1v) is 6.72. The van der Waals surface area contributed by atoms with Crippen molar-refractivity contribution in [3.8, 4) is 0 Å². The van der Waals surface area contributed by atoms with Gasteiger partial charge in [0.1, 0.15) is 11.9 Å². The van der Waals surface area contributed by atoms with E-state index in [-0.39, 0.29) is 17.9 Å². The number of carbonyl (C=O) groups is 1. The van der Waals surface area contributed by atoms with Gasteiger partial charge in [-0.05, 0) is 31.9 Å². The molecule has 1 fully saturated rings. The number of nitrogens with two attached hydrogens (primary N) is 1. The summed E-state index contributed by atoms with van der Waals surface area (Å²) in [5.74, 6) is 0.765. The summed E-state index contributed by atoms with van der Waals surface area (Å²) in [5.41, 5.74) is 6.47. The Balaban J connectivity index is 1.83. The van der Waals surface area contributed by atoms with E-state index in [1.165, 1.54) is 0 Å². The maximum Gasteiger partial charge on any atom is 0.242 e. The lowest BCUT2D eigenvalue weighted by atomic mass is 10.2. The summed E-state index contributed by atoms with van der Waals surface area (Å²) in [5, 5.41) is 6.93. The molecule has 1 saturated carbocycles. The Hall–Kier alpha value is -2.37. The first kappa shape index (κ1) is 12.7. The highest BCUT2D eigenvalue weighted by Gasteiger charge is 2.25. The fourth-order valence-electron chi connectivity index (χ4n) is 2.03. The zero-order chi connectivity index (χ0) is 14.1. The maximum atomic E-state index is 12.0. The molecule has 4 N–H and O–H groups in total. The van der Waals surface area contributed by atoms with E-state index in [0.29, 0.717) is 11.9 Å². The molecule has 1 aliphatic carbocycles. The standard InChI is InChI=1S/C14H17N5O/c1-8(13(20)17-9-6-7-9)16-12-10-4-2-3-5-11(10)18-14(15)19-12/h2-5,8-9H,6-7H2,1H3,(H,17,20)(H3,15,16,18,19). The normalized spacial score (nSPS) is 15.8. The number of para-hydroxylation sites is 1. The van der Waals surface area contributed by atoms with Crippen LogP contribution in [0, 0.1) is 0 Å². The summed E-state index contributed by atoms with van der Waals surface area (Å²) in [4.78, 5) is 20.3. The number of fused-ring (bicyclic) bond motifs is 1. The zero-order valence-electron chi connectivity index (χ0n) is 11.3. The Morgan fingerprint density at radius 3 is 2.85 bits per heavy atom. The van der Waals surface area contributed by atoms with Crippen LogP contribution in [0.4, 0.5) is 11.8 Å². The average molecular weight is 271 g/mol. The van der Waals surface area contributed by atoms with Gasteiger partial charge in [0, 0.05) is 11.4 Å². The molecule has 0 saturated heterocycles. The third kappa shape index (κ3) is 2.64. The lowest BCUT2D eigenvalue weighted by Crippen LogP contribution is -2.38. The molecule has 0 radical (unpaired) electrons. The van der Waals surface area contributed by atoms with Crippen LogP contribution in [0.2, 0.25) is 0 Å². The van der Waals surface area contributed by atoms with Gasteiger partial charge >= 0.3 is 0 Å². The molecule has 6 heteroatoms. The summed E-state index contributed by atoms with van der Waals surface area (Å²) in [7, 11) is 0. The molecule has 6 nitrogen and oxygen atoms in total. The van der Waals surface area contributed by atoms with Crippen molar-refractivity contribution in [2.45, 2.75) is 31.8 Å². The van der Waals surface area contributed by atoms with Crippen molar-refractivity contribution < 1.29 is 4.79 Å². The Morgan fingerprint density at radius 2 is 2.10 bits per heavy atom. The molecule has 0 spiro atoms. The molecule has 1 atom stereocenters. The number of nitrogens with one attached hydrogen (secondary N) is 2. The predicted octanol–water partition coefficient (Wildman–Crippen LogP) is 1.29. The molecule has 1 heterocycles. The molecular formula is C14H17N5O. The molecule has 0 aliphatic heterocycles. The van der Waals surface area contributed by atoms with E-state index in [1.54, 1.807) is 0 Å². The largest absolute Gasteiger partial charge is 0.368 e. The van der Waals surface area contributed by atoms with Crippen LogP contribution in [-0.2, 0) is 4.79 Å². The second-order valence-electron chi connectivity index (χ2n) is 5.10. The molecule has 2 aromatic rings. The van der Waals surface area contributed by atoms with Crippen LogP contribution in [0.15, 0.2) is 24.3 Å². The van der Waals surface area contributed by atoms with Gasteiger partial charge in [0.05, 0.1) is 5.52 Å². The van der Waals surface area contributed by atoms with Crippen LogP contribution in [0.5, 0.6) is 0 Å². The predicted molar refractivity (Wildman–Crippen MR) is 78.2 cm³/mol. The molecule has 104 valence electrons. The van der Waals surface area contributed by atoms with Crippen molar-refractivity contribution in [2.24, 2.45) is 0 Å². The quantitative estimate of drug-likeness (QED) is 0.779. The lowest BCUT2D eigenvalue weighted by molar-refractivity contribution is -0.121. The van der Waals surface area contributed by atoms with Gasteiger partial charge in [0.15, 0.2) is 0 Å². The van der Waals surface area contributed by atoms with Crippen molar-refractivity contribution in [3.63, 3.8) is 0 Å². The highest BCUT2D eigenvalue weighted by molar-refractivity contribution is 5.92. The number of hydrogen-bond acceptors (Lipinski definition) is 5. The van der Waals surface area contributed by atoms with E-state index in [4.69, 9.17) is 5.73 Å². The summed E-state index contributed by atoms with van der Waals surface area (Å²) in [6.07, 6.45) is 2.14. The van der Waals surface area contributed by atoms with E-state index >= 15 is 0 Å². The van der Waals surface area contributed by atoms with Crippen LogP contribution in [0.3, 0.4) is 0 Å². The summed E-state index contributed by atoms with van der Waals surface area (Å²) in [6.45, 7) is 1.81. The minimum absolute atomic E-state index is 0.0197. The summed E-state index contributed by atoms with van der Waals surface area (Å²) in [6, 6.07) is 7.55. The smallest absolute Gasteiger partial charge is 0.242 e. The first-order valence-electron chi connectivity index (χ1n) is 6.72. The van der Waals surface area contributed by atoms with Gasteiger partial charge in [-0.25, -0.2) is 4.98 Å². The van der Waals surface area contributed by atoms with Gasteiger partial charge in [-0.2, -0.15) is 4.98 Å². The molecule has 1 amide bonds. The van der Waals surface area contributed by atoms with Gasteiger partial charge in [0.25, 0.3) is 0 Å². The number of anilines is 2. The third-order valence-corrected chi connectivity index (χ3v) is 3.29. The zero-order valence-corrected chi connectivity index (χ0v) is 11.3. The Bertz CT molecular complexity index is 653. The SMILES string of the molecule is CC(Nc1nc(N)nc2ccccc12)C(=O)NC1CC1. The minimum Gasteiger partial charge on any atom is -0.368 e. The minimum atomic E-state index is -0.367. The number of aromatic nitrogens is 2. The number of nitrogens with zero attached hydrogens (tertiary/aromatic N) is 2. The van der Waals surface area contributed by atoms with Crippen LogP contribution in [0.1, 0.15) is 19.8 Å². The number of hydrogen-bond donors (Lipinski definition) is 3. The third-order valence-electron chi connectivity index (χ3n) is 3.29. The lowest BCUT2D eigenvalue weighted by Gasteiger charge is -2.16. The van der Waals surface area contributed by atoms with Crippen LogP contribution >= 0.6 is 0 Å². The molecular weight excluding hydrogens is 254 g/mol.